The molecule has 0 bridgehead atoms. The maximum atomic E-state index is 12.5. The normalized spacial score (nSPS) is 10.8. The van der Waals surface area contributed by atoms with E-state index < -0.39 is 69.6 Å². The van der Waals surface area contributed by atoms with Crippen molar-refractivity contribution in [1.82, 2.24) is 28.9 Å². The molecule has 4 amide bonds. The highest BCUT2D eigenvalue weighted by Crippen LogP contribution is 2.10. The summed E-state index contributed by atoms with van der Waals surface area (Å²) in [5, 5.41) is 3.95. The van der Waals surface area contributed by atoms with E-state index in [0.717, 1.165) is 69.2 Å². The van der Waals surface area contributed by atoms with Gasteiger partial charge in [-0.05, 0) is 38.5 Å². The van der Waals surface area contributed by atoms with Crippen LogP contribution >= 0.6 is 0 Å². The Hall–Kier alpha value is -5.82. The fourth-order valence-corrected chi connectivity index (χ4v) is 5.33. The number of ether oxygens (including phenoxy) is 4. The van der Waals surface area contributed by atoms with Gasteiger partial charge in [0.2, 0.25) is 0 Å². The number of esters is 2. The van der Waals surface area contributed by atoms with Crippen LogP contribution in [0, 0.1) is 0 Å². The molecule has 0 saturated heterocycles. The topological polar surface area (TPSA) is 251 Å². The molecule has 0 radical (unpaired) electrons. The Labute approximate surface area is 334 Å². The van der Waals surface area contributed by atoms with E-state index in [-0.39, 0.29) is 65.2 Å². The molecule has 0 aliphatic carbocycles. The average molecular weight is 821 g/mol. The summed E-state index contributed by atoms with van der Waals surface area (Å²) in [6.07, 6.45) is 8.27. The van der Waals surface area contributed by atoms with Crippen LogP contribution in [0.15, 0.2) is 31.6 Å². The molecule has 0 fully saturated rings. The van der Waals surface area contributed by atoms with E-state index in [1.807, 2.05) is 24.5 Å². The average Bonchev–Trinajstić information content (AvgIpc) is 3.18. The molecule has 0 aliphatic rings. The van der Waals surface area contributed by atoms with Crippen LogP contribution in [0.25, 0.3) is 0 Å². The number of aryl methyl sites for hydroxylation is 2. The Balaban J connectivity index is 1.61. The summed E-state index contributed by atoms with van der Waals surface area (Å²) in [5.74, 6) is -2.80. The van der Waals surface area contributed by atoms with Crippen molar-refractivity contribution in [2.24, 2.45) is 14.1 Å². The molecule has 2 N–H and O–H groups in total. The maximum Gasteiger partial charge on any atom is 0.414 e. The molecule has 2 aromatic rings. The Morgan fingerprint density at radius 3 is 1.21 bits per heavy atom. The third kappa shape index (κ3) is 16.7. The Morgan fingerprint density at radius 1 is 0.500 bits per heavy atom. The van der Waals surface area contributed by atoms with E-state index in [9.17, 15) is 47.9 Å². The van der Waals surface area contributed by atoms with Gasteiger partial charge in [-0.2, -0.15) is 0 Å². The predicted molar refractivity (Wildman–Crippen MR) is 207 cm³/mol. The summed E-state index contributed by atoms with van der Waals surface area (Å²) in [5.41, 5.74) is -3.91. The highest BCUT2D eigenvalue weighted by atomic mass is 16.6. The van der Waals surface area contributed by atoms with Gasteiger partial charge in [0.1, 0.15) is 11.1 Å². The van der Waals surface area contributed by atoms with Gasteiger partial charge in [-0.1, -0.05) is 52.4 Å². The van der Waals surface area contributed by atoms with Gasteiger partial charge in [-0.25, -0.2) is 19.2 Å². The summed E-state index contributed by atoms with van der Waals surface area (Å²) in [6.45, 7) is 4.17. The first kappa shape index (κ1) is 48.3. The largest absolute Gasteiger partial charge is 0.466 e. The summed E-state index contributed by atoms with van der Waals surface area (Å²) in [6, 6.07) is 0. The first-order valence-corrected chi connectivity index (χ1v) is 19.6. The zero-order valence-corrected chi connectivity index (χ0v) is 33.8. The number of nitrogens with one attached hydrogen (secondary N) is 2. The summed E-state index contributed by atoms with van der Waals surface area (Å²) < 4.78 is 24.0. The molecule has 20 nitrogen and oxygen atoms in total. The lowest BCUT2D eigenvalue weighted by Crippen LogP contribution is -2.43. The molecule has 0 spiro atoms. The standard InChI is InChI=1S/C38H56N6O14/c1-5-7-21-57-35(51)39-31(47)27-25-43(37(53)41(3)33(27)49)19-15-23-55-29(45)17-13-11-9-10-12-14-18-30(46)56-24-16-20-44-26-28(34(50)42(4)38(44)54)32(48)40-36(52)58-22-8-6-2/h25-26H,5-24H2,1-4H3,(H,39,47,51)(H,40,48,52). The summed E-state index contributed by atoms with van der Waals surface area (Å²) in [4.78, 5) is 123. The van der Waals surface area contributed by atoms with Crippen LogP contribution in [-0.2, 0) is 55.7 Å². The number of aromatic nitrogens is 4. The lowest BCUT2D eigenvalue weighted by Gasteiger charge is -2.11. The predicted octanol–water partition coefficient (Wildman–Crippen LogP) is 2.43. The van der Waals surface area contributed by atoms with Crippen LogP contribution in [0.4, 0.5) is 9.59 Å². The van der Waals surface area contributed by atoms with Gasteiger partial charge in [0, 0.05) is 52.4 Å². The van der Waals surface area contributed by atoms with Crippen LogP contribution in [0.3, 0.4) is 0 Å². The van der Waals surface area contributed by atoms with Crippen molar-refractivity contribution in [1.29, 1.82) is 0 Å². The Kier molecular flexibility index (Phi) is 21.8. The minimum Gasteiger partial charge on any atom is -0.466 e. The van der Waals surface area contributed by atoms with Crippen molar-refractivity contribution in [2.75, 3.05) is 26.4 Å². The van der Waals surface area contributed by atoms with Gasteiger partial charge >= 0.3 is 35.5 Å². The van der Waals surface area contributed by atoms with Crippen molar-refractivity contribution < 1.29 is 47.7 Å². The molecule has 58 heavy (non-hydrogen) atoms. The van der Waals surface area contributed by atoms with Gasteiger partial charge in [-0.15, -0.1) is 0 Å². The molecule has 0 unspecified atom stereocenters. The van der Waals surface area contributed by atoms with Crippen molar-refractivity contribution in [3.8, 4) is 0 Å². The SMILES string of the molecule is CCCCOC(=O)NC(=O)c1cn(CCCOC(=O)CCCCCCCCC(=O)OCCCn2cc(C(=O)NC(=O)OCCCC)c(=O)n(C)c2=O)c(=O)n(C)c1=O. The van der Waals surface area contributed by atoms with Crippen molar-refractivity contribution >= 4 is 35.9 Å². The molecular weight excluding hydrogens is 764 g/mol. The minimum atomic E-state index is -1.000. The van der Waals surface area contributed by atoms with E-state index in [0.29, 0.717) is 25.7 Å². The highest BCUT2D eigenvalue weighted by molar-refractivity contribution is 6.03. The fraction of sp³-hybridized carbons (Fsp3) is 0.632. The number of hydrogen-bond acceptors (Lipinski definition) is 14. The smallest absolute Gasteiger partial charge is 0.414 e. The van der Waals surface area contributed by atoms with E-state index in [4.69, 9.17) is 18.9 Å². The van der Waals surface area contributed by atoms with Gasteiger partial charge in [0.15, 0.2) is 0 Å². The van der Waals surface area contributed by atoms with Crippen molar-refractivity contribution in [3.63, 3.8) is 0 Å². The van der Waals surface area contributed by atoms with Crippen LogP contribution in [0.1, 0.15) is 124 Å². The van der Waals surface area contributed by atoms with Crippen molar-refractivity contribution in [3.05, 3.63) is 65.2 Å². The van der Waals surface area contributed by atoms with Crippen LogP contribution in [-0.4, -0.2) is 80.6 Å². The van der Waals surface area contributed by atoms with E-state index >= 15 is 0 Å². The number of nitrogens with zero attached hydrogens (tertiary/aromatic N) is 4. The lowest BCUT2D eigenvalue weighted by molar-refractivity contribution is -0.144. The van der Waals surface area contributed by atoms with Crippen molar-refractivity contribution in [2.45, 2.75) is 117 Å². The fourth-order valence-electron chi connectivity index (χ4n) is 5.33. The molecule has 322 valence electrons. The first-order chi connectivity index (χ1) is 27.7. The van der Waals surface area contributed by atoms with Gasteiger partial charge in [0.05, 0.1) is 26.4 Å². The molecule has 0 saturated carbocycles. The van der Waals surface area contributed by atoms with Gasteiger partial charge < -0.3 is 18.9 Å². The number of amides is 4. The second kappa shape index (κ2) is 26.2. The Morgan fingerprint density at radius 2 is 0.845 bits per heavy atom. The number of rotatable bonds is 25. The third-order valence-corrected chi connectivity index (χ3v) is 8.71. The summed E-state index contributed by atoms with van der Waals surface area (Å²) >= 11 is 0. The number of unbranched alkanes of at least 4 members (excludes halogenated alkanes) is 7. The number of hydrogen-bond donors (Lipinski definition) is 2. The molecular formula is C38H56N6O14. The van der Waals surface area contributed by atoms with E-state index in [2.05, 4.69) is 0 Å². The van der Waals surface area contributed by atoms with Gasteiger partial charge in [0.25, 0.3) is 22.9 Å². The zero-order valence-electron chi connectivity index (χ0n) is 33.8. The third-order valence-electron chi connectivity index (χ3n) is 8.71. The van der Waals surface area contributed by atoms with E-state index in [1.165, 1.54) is 14.1 Å². The molecule has 0 aliphatic heterocycles. The first-order valence-electron chi connectivity index (χ1n) is 19.6. The molecule has 0 aromatic carbocycles. The molecule has 2 heterocycles. The number of alkyl carbamates (subject to hydrolysis) is 2. The monoisotopic (exact) mass is 820 g/mol. The second-order valence-electron chi connectivity index (χ2n) is 13.4. The molecule has 20 heteroatoms. The van der Waals surface area contributed by atoms with Crippen LogP contribution in [0.2, 0.25) is 0 Å². The zero-order chi connectivity index (χ0) is 43.0. The van der Waals surface area contributed by atoms with Crippen LogP contribution < -0.4 is 33.1 Å². The highest BCUT2D eigenvalue weighted by Gasteiger charge is 2.20. The maximum absolute atomic E-state index is 12.5. The number of carbonyl (C=O) groups excluding carboxylic acids is 6. The number of carbonyl (C=O) groups is 6. The van der Waals surface area contributed by atoms with E-state index in [1.54, 1.807) is 0 Å². The van der Waals surface area contributed by atoms with Crippen LogP contribution in [0.5, 0.6) is 0 Å². The van der Waals surface area contributed by atoms with Gasteiger partial charge in [-0.3, -0.25) is 57.7 Å². The minimum absolute atomic E-state index is 0.0135. The quantitative estimate of drug-likeness (QED) is 0.0830. The molecule has 2 aromatic heterocycles. The molecule has 0 atom stereocenters. The molecule has 2 rings (SSSR count). The second-order valence-corrected chi connectivity index (χ2v) is 13.4. The lowest BCUT2D eigenvalue weighted by atomic mass is 10.1. The Bertz CT molecular complexity index is 1820. The summed E-state index contributed by atoms with van der Waals surface area (Å²) in [7, 11) is 2.42. The number of imide groups is 2.